The smallest absolute Gasteiger partial charge is 0.253 e. The number of hydrogen-bond acceptors (Lipinski definition) is 6. The van der Waals surface area contributed by atoms with Crippen molar-refractivity contribution in [2.75, 3.05) is 26.2 Å². The molecule has 1 aromatic carbocycles. The van der Waals surface area contributed by atoms with Gasteiger partial charge in [0.1, 0.15) is 0 Å². The SMILES string of the molecule is CC(C)c1noc(C2CN(C(=O)c3ccc(S(=O)(=O)N4CCCC4)cc3)C2)n1. The van der Waals surface area contributed by atoms with Crippen LogP contribution in [0.3, 0.4) is 0 Å². The summed E-state index contributed by atoms with van der Waals surface area (Å²) in [7, 11) is -3.46. The maximum Gasteiger partial charge on any atom is 0.253 e. The lowest BCUT2D eigenvalue weighted by Gasteiger charge is -2.37. The summed E-state index contributed by atoms with van der Waals surface area (Å²) in [6.07, 6.45) is 1.79. The molecule has 0 bridgehead atoms. The minimum Gasteiger partial charge on any atom is -0.339 e. The molecule has 2 aliphatic rings. The van der Waals surface area contributed by atoms with Crippen molar-refractivity contribution in [1.29, 1.82) is 0 Å². The second-order valence-corrected chi connectivity index (χ2v) is 9.63. The number of hydrogen-bond donors (Lipinski definition) is 0. The molecule has 4 rings (SSSR count). The summed E-state index contributed by atoms with van der Waals surface area (Å²) in [4.78, 5) is 19.0. The van der Waals surface area contributed by atoms with Gasteiger partial charge in [0.15, 0.2) is 5.82 Å². The van der Waals surface area contributed by atoms with Crippen molar-refractivity contribution in [3.05, 3.63) is 41.5 Å². The van der Waals surface area contributed by atoms with Gasteiger partial charge in [0.25, 0.3) is 5.91 Å². The fourth-order valence-corrected chi connectivity index (χ4v) is 4.99. The Morgan fingerprint density at radius 1 is 1.14 bits per heavy atom. The number of carbonyl (C=O) groups excluding carboxylic acids is 1. The van der Waals surface area contributed by atoms with E-state index in [1.165, 1.54) is 16.4 Å². The van der Waals surface area contributed by atoms with Crippen molar-refractivity contribution < 1.29 is 17.7 Å². The predicted molar refractivity (Wildman–Crippen MR) is 101 cm³/mol. The van der Waals surface area contributed by atoms with Crippen LogP contribution in [0, 0.1) is 0 Å². The summed E-state index contributed by atoms with van der Waals surface area (Å²) in [6.45, 7) is 6.16. The van der Waals surface area contributed by atoms with Crippen LogP contribution < -0.4 is 0 Å². The third-order valence-corrected chi connectivity index (χ3v) is 7.21. The number of carbonyl (C=O) groups is 1. The van der Waals surface area contributed by atoms with Gasteiger partial charge >= 0.3 is 0 Å². The molecule has 2 saturated heterocycles. The first kappa shape index (κ1) is 19.1. The molecule has 2 aliphatic heterocycles. The summed E-state index contributed by atoms with van der Waals surface area (Å²) in [5, 5.41) is 3.96. The standard InChI is InChI=1S/C19H24N4O4S/c1-13(2)17-20-18(27-21-17)15-11-22(12-15)19(24)14-5-7-16(8-6-14)28(25,26)23-9-3-4-10-23/h5-8,13,15H,3-4,9-12H2,1-2H3. The molecule has 28 heavy (non-hydrogen) atoms. The number of sulfonamides is 1. The lowest BCUT2D eigenvalue weighted by molar-refractivity contribution is 0.0569. The molecule has 3 heterocycles. The Kier molecular flexibility index (Phi) is 4.96. The van der Waals surface area contributed by atoms with Crippen LogP contribution in [-0.4, -0.2) is 59.8 Å². The molecule has 0 N–H and O–H groups in total. The van der Waals surface area contributed by atoms with Gasteiger partial charge < -0.3 is 9.42 Å². The summed E-state index contributed by atoms with van der Waals surface area (Å²) in [5.41, 5.74) is 0.479. The van der Waals surface area contributed by atoms with E-state index in [9.17, 15) is 13.2 Å². The van der Waals surface area contributed by atoms with Crippen molar-refractivity contribution in [2.24, 2.45) is 0 Å². The van der Waals surface area contributed by atoms with Gasteiger partial charge in [-0.1, -0.05) is 19.0 Å². The molecule has 0 saturated carbocycles. The van der Waals surface area contributed by atoms with E-state index in [1.807, 2.05) is 13.8 Å². The van der Waals surface area contributed by atoms with Crippen molar-refractivity contribution in [3.63, 3.8) is 0 Å². The molecule has 8 nitrogen and oxygen atoms in total. The molecular formula is C19H24N4O4S. The van der Waals surface area contributed by atoms with Crippen LogP contribution in [0.5, 0.6) is 0 Å². The number of benzene rings is 1. The predicted octanol–water partition coefficient (Wildman–Crippen LogP) is 2.22. The van der Waals surface area contributed by atoms with E-state index in [2.05, 4.69) is 10.1 Å². The first-order valence-corrected chi connectivity index (χ1v) is 11.0. The zero-order valence-corrected chi connectivity index (χ0v) is 16.9. The summed E-state index contributed by atoms with van der Waals surface area (Å²) in [6, 6.07) is 6.21. The molecule has 0 unspecified atom stereocenters. The van der Waals surface area contributed by atoms with E-state index in [4.69, 9.17) is 4.52 Å². The number of likely N-dealkylation sites (tertiary alicyclic amines) is 1. The zero-order valence-electron chi connectivity index (χ0n) is 16.0. The van der Waals surface area contributed by atoms with E-state index < -0.39 is 10.0 Å². The monoisotopic (exact) mass is 404 g/mol. The van der Waals surface area contributed by atoms with Gasteiger partial charge in [0, 0.05) is 37.7 Å². The second kappa shape index (κ2) is 7.29. The average molecular weight is 404 g/mol. The lowest BCUT2D eigenvalue weighted by Crippen LogP contribution is -2.48. The Morgan fingerprint density at radius 3 is 2.36 bits per heavy atom. The largest absolute Gasteiger partial charge is 0.339 e. The van der Waals surface area contributed by atoms with Crippen LogP contribution in [0.1, 0.15) is 60.6 Å². The lowest BCUT2D eigenvalue weighted by atomic mass is 9.98. The van der Waals surface area contributed by atoms with Gasteiger partial charge in [-0.15, -0.1) is 0 Å². The fraction of sp³-hybridized carbons (Fsp3) is 0.526. The number of rotatable bonds is 5. The third kappa shape index (κ3) is 3.44. The van der Waals surface area contributed by atoms with Gasteiger partial charge in [-0.05, 0) is 37.1 Å². The number of amides is 1. The Balaban J connectivity index is 1.39. The van der Waals surface area contributed by atoms with Crippen molar-refractivity contribution >= 4 is 15.9 Å². The molecule has 1 aromatic heterocycles. The van der Waals surface area contributed by atoms with Crippen LogP contribution >= 0.6 is 0 Å². The Bertz CT molecular complexity index is 956. The molecule has 0 atom stereocenters. The first-order valence-electron chi connectivity index (χ1n) is 9.59. The minimum atomic E-state index is -3.46. The Morgan fingerprint density at radius 2 is 1.79 bits per heavy atom. The molecule has 1 amide bonds. The minimum absolute atomic E-state index is 0.0544. The van der Waals surface area contributed by atoms with Gasteiger partial charge in [-0.25, -0.2) is 8.42 Å². The van der Waals surface area contributed by atoms with Crippen LogP contribution in [0.4, 0.5) is 0 Å². The van der Waals surface area contributed by atoms with Crippen LogP contribution in [0.15, 0.2) is 33.7 Å². The van der Waals surface area contributed by atoms with Crippen LogP contribution in [-0.2, 0) is 10.0 Å². The molecule has 0 radical (unpaired) electrons. The molecule has 150 valence electrons. The van der Waals surface area contributed by atoms with Gasteiger partial charge in [-0.3, -0.25) is 4.79 Å². The van der Waals surface area contributed by atoms with Gasteiger partial charge in [0.2, 0.25) is 15.9 Å². The topological polar surface area (TPSA) is 96.6 Å². The maximum absolute atomic E-state index is 12.6. The van der Waals surface area contributed by atoms with E-state index in [0.29, 0.717) is 43.5 Å². The van der Waals surface area contributed by atoms with E-state index in [0.717, 1.165) is 12.8 Å². The van der Waals surface area contributed by atoms with Gasteiger partial charge in [0.05, 0.1) is 10.8 Å². The van der Waals surface area contributed by atoms with E-state index >= 15 is 0 Å². The van der Waals surface area contributed by atoms with Gasteiger partial charge in [-0.2, -0.15) is 9.29 Å². The first-order chi connectivity index (χ1) is 13.4. The molecule has 9 heteroatoms. The highest BCUT2D eigenvalue weighted by atomic mass is 32.2. The molecule has 2 fully saturated rings. The van der Waals surface area contributed by atoms with E-state index in [-0.39, 0.29) is 22.6 Å². The fourth-order valence-electron chi connectivity index (χ4n) is 3.48. The molecule has 0 aliphatic carbocycles. The highest BCUT2D eigenvalue weighted by Gasteiger charge is 2.36. The summed E-state index contributed by atoms with van der Waals surface area (Å²) >= 11 is 0. The number of aromatic nitrogens is 2. The second-order valence-electron chi connectivity index (χ2n) is 7.69. The quantitative estimate of drug-likeness (QED) is 0.758. The third-order valence-electron chi connectivity index (χ3n) is 5.30. The van der Waals surface area contributed by atoms with Crippen molar-refractivity contribution in [3.8, 4) is 0 Å². The number of nitrogens with zero attached hydrogens (tertiary/aromatic N) is 4. The van der Waals surface area contributed by atoms with Crippen molar-refractivity contribution in [2.45, 2.75) is 43.4 Å². The molecular weight excluding hydrogens is 380 g/mol. The Hall–Kier alpha value is -2.26. The normalized spacial score (nSPS) is 18.6. The van der Waals surface area contributed by atoms with Crippen molar-refractivity contribution in [1.82, 2.24) is 19.3 Å². The highest BCUT2D eigenvalue weighted by molar-refractivity contribution is 7.89. The summed E-state index contributed by atoms with van der Waals surface area (Å²) in [5.74, 6) is 1.38. The van der Waals surface area contributed by atoms with E-state index in [1.54, 1.807) is 17.0 Å². The Labute approximate surface area is 164 Å². The van der Waals surface area contributed by atoms with Crippen LogP contribution in [0.2, 0.25) is 0 Å². The highest BCUT2D eigenvalue weighted by Crippen LogP contribution is 2.28. The summed E-state index contributed by atoms with van der Waals surface area (Å²) < 4.78 is 31.9. The average Bonchev–Trinajstić information content (AvgIpc) is 3.33. The maximum atomic E-state index is 12.6. The molecule has 2 aromatic rings. The zero-order chi connectivity index (χ0) is 19.9. The molecule has 0 spiro atoms. The van der Waals surface area contributed by atoms with Crippen LogP contribution in [0.25, 0.3) is 0 Å².